The van der Waals surface area contributed by atoms with E-state index in [1.54, 1.807) is 11.8 Å². The molecule has 0 heterocycles. The predicted molar refractivity (Wildman–Crippen MR) is 147 cm³/mol. The van der Waals surface area contributed by atoms with Crippen LogP contribution >= 0.6 is 11.8 Å². The van der Waals surface area contributed by atoms with Gasteiger partial charge in [0.25, 0.3) is 0 Å². The number of aliphatic imine (C=N–C) groups is 1. The van der Waals surface area contributed by atoms with Gasteiger partial charge in [0.1, 0.15) is 11.4 Å². The van der Waals surface area contributed by atoms with Crippen LogP contribution in [0.5, 0.6) is 0 Å². The van der Waals surface area contributed by atoms with Crippen LogP contribution in [0.15, 0.2) is 107 Å². The van der Waals surface area contributed by atoms with Crippen LogP contribution in [-0.4, -0.2) is 30.6 Å². The molecule has 0 saturated heterocycles. The van der Waals surface area contributed by atoms with Gasteiger partial charge >= 0.3 is 6.09 Å². The van der Waals surface area contributed by atoms with Crippen molar-refractivity contribution >= 4 is 23.7 Å². The fraction of sp³-hybridized carbons (Fsp3) is 0.241. The first-order valence-electron chi connectivity index (χ1n) is 11.6. The Bertz CT molecular complexity index is 1030. The average molecular weight is 488 g/mol. The Morgan fingerprint density at radius 3 is 1.77 bits per heavy atom. The van der Waals surface area contributed by atoms with Crippen LogP contribution in [0.4, 0.5) is 4.79 Å². The number of nitrogens with two attached hydrogens (primary N) is 1. The fourth-order valence-corrected chi connectivity index (χ4v) is 4.87. The number of ether oxygens (including phenoxy) is 1. The van der Waals surface area contributed by atoms with E-state index in [0.717, 1.165) is 0 Å². The van der Waals surface area contributed by atoms with Crippen LogP contribution in [-0.2, 0) is 9.48 Å². The number of hydrogen-bond acceptors (Lipinski definition) is 4. The summed E-state index contributed by atoms with van der Waals surface area (Å²) in [6, 6.07) is 31.4. The van der Waals surface area contributed by atoms with Crippen molar-refractivity contribution in [3.05, 3.63) is 119 Å². The molecule has 0 saturated carbocycles. The summed E-state index contributed by atoms with van der Waals surface area (Å²) in [5.74, 6) is 0.395. The molecule has 0 aromatic heterocycles. The molecular formula is C29H33N3O2S. The van der Waals surface area contributed by atoms with E-state index in [1.807, 2.05) is 50.5 Å². The Morgan fingerprint density at radius 2 is 1.34 bits per heavy atom. The van der Waals surface area contributed by atoms with Crippen molar-refractivity contribution < 1.29 is 9.53 Å². The minimum absolute atomic E-state index is 0.346. The van der Waals surface area contributed by atoms with Crippen LogP contribution in [0.2, 0.25) is 0 Å². The minimum Gasteiger partial charge on any atom is -0.444 e. The number of amidine groups is 1. The predicted octanol–water partition coefficient (Wildman–Crippen LogP) is 6.11. The molecule has 6 heteroatoms. The van der Waals surface area contributed by atoms with Crippen LogP contribution in [0.25, 0.3) is 0 Å². The summed E-state index contributed by atoms with van der Waals surface area (Å²) in [6.45, 7) is 6.18. The molecule has 0 aliphatic heterocycles. The molecule has 35 heavy (non-hydrogen) atoms. The van der Waals surface area contributed by atoms with Crippen molar-refractivity contribution in [3.63, 3.8) is 0 Å². The van der Waals surface area contributed by atoms with Crippen molar-refractivity contribution in [1.82, 2.24) is 5.32 Å². The van der Waals surface area contributed by atoms with Crippen molar-refractivity contribution in [2.24, 2.45) is 10.7 Å². The maximum absolute atomic E-state index is 11.8. The standard InChI is InChI=1S/C29H33N3O2S/c1-28(2,3)34-27(33)32-21-20-31-26(30)19-22-35-29(23-13-7-4-8-14-23,24-15-9-5-10-16-24)25-17-11-6-12-18-25/h4-19,22H,20-21H2,1-3H3,(H2,30,31)(H,32,33)/b22-19+. The van der Waals surface area contributed by atoms with Crippen molar-refractivity contribution in [2.75, 3.05) is 13.1 Å². The summed E-state index contributed by atoms with van der Waals surface area (Å²) in [6.07, 6.45) is 1.34. The van der Waals surface area contributed by atoms with Crippen molar-refractivity contribution in [2.45, 2.75) is 31.1 Å². The highest BCUT2D eigenvalue weighted by Crippen LogP contribution is 2.48. The molecule has 3 aromatic carbocycles. The second-order valence-electron chi connectivity index (χ2n) is 8.94. The van der Waals surface area contributed by atoms with E-state index in [0.29, 0.717) is 18.9 Å². The number of nitrogens with zero attached hydrogens (tertiary/aromatic N) is 1. The van der Waals surface area contributed by atoms with Gasteiger partial charge < -0.3 is 15.8 Å². The van der Waals surface area contributed by atoms with E-state index in [9.17, 15) is 4.79 Å². The van der Waals surface area contributed by atoms with Crippen molar-refractivity contribution in [3.8, 4) is 0 Å². The molecular weight excluding hydrogens is 454 g/mol. The van der Waals surface area contributed by atoms with Gasteiger partial charge in [0.15, 0.2) is 0 Å². The normalized spacial score (nSPS) is 12.5. The van der Waals surface area contributed by atoms with E-state index in [2.05, 4.69) is 83.1 Å². The van der Waals surface area contributed by atoms with Gasteiger partial charge in [-0.25, -0.2) is 4.79 Å². The first-order valence-corrected chi connectivity index (χ1v) is 12.5. The number of benzene rings is 3. The molecule has 3 aromatic rings. The lowest BCUT2D eigenvalue weighted by Crippen LogP contribution is -2.34. The van der Waals surface area contributed by atoms with E-state index >= 15 is 0 Å². The molecule has 0 spiro atoms. The maximum atomic E-state index is 11.8. The van der Waals surface area contributed by atoms with Gasteiger partial charge in [0.05, 0.1) is 11.3 Å². The maximum Gasteiger partial charge on any atom is 0.407 e. The Balaban J connectivity index is 1.80. The summed E-state index contributed by atoms with van der Waals surface area (Å²) in [5.41, 5.74) is 9.12. The number of rotatable bonds is 9. The highest BCUT2D eigenvalue weighted by molar-refractivity contribution is 8.03. The van der Waals surface area contributed by atoms with Gasteiger partial charge in [-0.1, -0.05) is 91.0 Å². The lowest BCUT2D eigenvalue weighted by Gasteiger charge is -2.34. The largest absolute Gasteiger partial charge is 0.444 e. The molecule has 3 rings (SSSR count). The second-order valence-corrected chi connectivity index (χ2v) is 10.1. The fourth-order valence-electron chi connectivity index (χ4n) is 3.64. The van der Waals surface area contributed by atoms with Gasteiger partial charge in [0, 0.05) is 6.54 Å². The third-order valence-electron chi connectivity index (χ3n) is 5.10. The zero-order valence-electron chi connectivity index (χ0n) is 20.5. The van der Waals surface area contributed by atoms with Gasteiger partial charge in [-0.05, 0) is 48.9 Å². The molecule has 0 aliphatic carbocycles. The van der Waals surface area contributed by atoms with E-state index in [-0.39, 0.29) is 0 Å². The number of alkyl carbamates (subject to hydrolysis) is 1. The third kappa shape index (κ3) is 7.49. The average Bonchev–Trinajstić information content (AvgIpc) is 2.85. The Morgan fingerprint density at radius 1 is 0.886 bits per heavy atom. The lowest BCUT2D eigenvalue weighted by atomic mass is 9.84. The SMILES string of the molecule is CC(C)(C)OC(=O)NCCN=C(N)/C=C/SC(c1ccccc1)(c1ccccc1)c1ccccc1. The van der Waals surface area contributed by atoms with Gasteiger partial charge in [-0.3, -0.25) is 4.99 Å². The van der Waals surface area contributed by atoms with E-state index in [4.69, 9.17) is 10.5 Å². The number of carbonyl (C=O) groups excluding carboxylic acids is 1. The highest BCUT2D eigenvalue weighted by Gasteiger charge is 2.36. The van der Waals surface area contributed by atoms with Crippen molar-refractivity contribution in [1.29, 1.82) is 0 Å². The molecule has 3 N–H and O–H groups in total. The molecule has 0 radical (unpaired) electrons. The highest BCUT2D eigenvalue weighted by atomic mass is 32.2. The first-order chi connectivity index (χ1) is 16.8. The quantitative estimate of drug-likeness (QED) is 0.165. The zero-order chi connectivity index (χ0) is 25.2. The van der Waals surface area contributed by atoms with Crippen LogP contribution < -0.4 is 11.1 Å². The Kier molecular flexibility index (Phi) is 9.15. The number of amides is 1. The molecule has 182 valence electrons. The molecule has 0 bridgehead atoms. The van der Waals surface area contributed by atoms with Gasteiger partial charge in [-0.15, -0.1) is 11.8 Å². The summed E-state index contributed by atoms with van der Waals surface area (Å²) in [5, 5.41) is 4.68. The van der Waals surface area contributed by atoms with Gasteiger partial charge in [0.2, 0.25) is 0 Å². The summed E-state index contributed by atoms with van der Waals surface area (Å²) in [7, 11) is 0. The third-order valence-corrected chi connectivity index (χ3v) is 6.43. The number of thioether (sulfide) groups is 1. The second kappa shape index (κ2) is 12.3. The van der Waals surface area contributed by atoms with E-state index in [1.165, 1.54) is 16.7 Å². The minimum atomic E-state index is -0.533. The molecule has 5 nitrogen and oxygen atoms in total. The van der Waals surface area contributed by atoms with Crippen LogP contribution in [0.3, 0.4) is 0 Å². The molecule has 0 unspecified atom stereocenters. The number of carbonyl (C=O) groups is 1. The summed E-state index contributed by atoms with van der Waals surface area (Å²) in [4.78, 5) is 16.1. The smallest absolute Gasteiger partial charge is 0.407 e. The van der Waals surface area contributed by atoms with Crippen LogP contribution in [0, 0.1) is 0 Å². The summed E-state index contributed by atoms with van der Waals surface area (Å²) < 4.78 is 4.77. The monoisotopic (exact) mass is 487 g/mol. The molecule has 0 atom stereocenters. The molecule has 1 amide bonds. The number of nitrogens with one attached hydrogen (secondary N) is 1. The topological polar surface area (TPSA) is 76.7 Å². The molecule has 0 aliphatic rings. The van der Waals surface area contributed by atoms with E-state index < -0.39 is 16.4 Å². The van der Waals surface area contributed by atoms with Crippen LogP contribution in [0.1, 0.15) is 37.5 Å². The Hall–Kier alpha value is -3.51. The number of hydrogen-bond donors (Lipinski definition) is 2. The zero-order valence-corrected chi connectivity index (χ0v) is 21.3. The molecule has 0 fully saturated rings. The summed E-state index contributed by atoms with van der Waals surface area (Å²) >= 11 is 1.68. The lowest BCUT2D eigenvalue weighted by molar-refractivity contribution is 0.0529. The Labute approximate surface area is 212 Å². The first kappa shape index (κ1) is 26.1. The van der Waals surface area contributed by atoms with Gasteiger partial charge in [-0.2, -0.15) is 0 Å².